The second-order valence-corrected chi connectivity index (χ2v) is 8.45. The molecule has 0 radical (unpaired) electrons. The molecule has 0 atom stereocenters. The topological polar surface area (TPSA) is 64.4 Å². The van der Waals surface area contributed by atoms with E-state index in [9.17, 15) is 4.79 Å². The Balaban J connectivity index is 1.33. The van der Waals surface area contributed by atoms with Gasteiger partial charge in [0.15, 0.2) is 5.58 Å². The van der Waals surface area contributed by atoms with Gasteiger partial charge in [0.2, 0.25) is 5.89 Å². The molecule has 5 nitrogen and oxygen atoms in total. The van der Waals surface area contributed by atoms with Crippen LogP contribution in [0.2, 0.25) is 0 Å². The molecule has 0 aliphatic heterocycles. The van der Waals surface area contributed by atoms with Crippen LogP contribution in [0.15, 0.2) is 89.3 Å². The highest BCUT2D eigenvalue weighted by Crippen LogP contribution is 2.28. The van der Waals surface area contributed by atoms with Gasteiger partial charge in [-0.3, -0.25) is 4.79 Å². The molecule has 5 aromatic rings. The average Bonchev–Trinajstić information content (AvgIpc) is 3.26. The van der Waals surface area contributed by atoms with Gasteiger partial charge in [0, 0.05) is 16.8 Å². The van der Waals surface area contributed by atoms with Gasteiger partial charge in [0.25, 0.3) is 5.91 Å². The number of carbonyl (C=O) groups is 1. The fourth-order valence-electron chi connectivity index (χ4n) is 3.62. The molecule has 5 rings (SSSR count). The molecule has 0 aliphatic rings. The zero-order valence-electron chi connectivity index (χ0n) is 18.5. The number of hydrogen-bond donors (Lipinski definition) is 1. The van der Waals surface area contributed by atoms with Crippen LogP contribution in [0.25, 0.3) is 33.3 Å². The second kappa shape index (κ2) is 8.79. The van der Waals surface area contributed by atoms with E-state index < -0.39 is 0 Å². The number of fused-ring (bicyclic) bond motifs is 2. The molecule has 0 saturated carbocycles. The normalized spacial score (nSPS) is 11.2. The lowest BCUT2D eigenvalue weighted by atomic mass is 10.1. The predicted molar refractivity (Wildman–Crippen MR) is 132 cm³/mol. The third-order valence-electron chi connectivity index (χ3n) is 5.34. The van der Waals surface area contributed by atoms with E-state index in [-0.39, 0.29) is 5.91 Å². The quantitative estimate of drug-likeness (QED) is 0.313. The lowest BCUT2D eigenvalue weighted by Gasteiger charge is -2.09. The third-order valence-corrected chi connectivity index (χ3v) is 5.34. The average molecular weight is 437 g/mol. The zero-order chi connectivity index (χ0) is 22.8. The molecule has 1 aromatic heterocycles. The van der Waals surface area contributed by atoms with Crippen molar-refractivity contribution in [1.29, 1.82) is 0 Å². The fraction of sp³-hybridized carbons (Fsp3) is 0.143. The summed E-state index contributed by atoms with van der Waals surface area (Å²) < 4.78 is 11.6. The number of ether oxygens (including phenoxy) is 1. The van der Waals surface area contributed by atoms with E-state index in [0.717, 1.165) is 16.7 Å². The monoisotopic (exact) mass is 436 g/mol. The van der Waals surface area contributed by atoms with E-state index in [1.807, 2.05) is 48.5 Å². The van der Waals surface area contributed by atoms with Gasteiger partial charge in [-0.05, 0) is 71.3 Å². The Morgan fingerprint density at radius 2 is 1.73 bits per heavy atom. The maximum atomic E-state index is 12.7. The molecule has 0 aliphatic carbocycles. The molecule has 0 bridgehead atoms. The first-order valence-electron chi connectivity index (χ1n) is 11.0. The van der Waals surface area contributed by atoms with Gasteiger partial charge in [-0.25, -0.2) is 4.98 Å². The van der Waals surface area contributed by atoms with Crippen molar-refractivity contribution in [2.45, 2.75) is 13.8 Å². The third kappa shape index (κ3) is 4.58. The van der Waals surface area contributed by atoms with Gasteiger partial charge in [-0.15, -0.1) is 0 Å². The Morgan fingerprint density at radius 3 is 2.52 bits per heavy atom. The molecule has 5 heteroatoms. The van der Waals surface area contributed by atoms with Gasteiger partial charge in [0.05, 0.1) is 6.61 Å². The molecule has 1 N–H and O–H groups in total. The standard InChI is InChI=1S/C28H24N2O3/c1-18(2)17-32-24-12-9-20(10-13-24)27(31)29-23-11-14-26-25(16-23)30-28(33-26)22-8-7-19-5-3-4-6-21(19)15-22/h3-16,18H,17H2,1-2H3,(H,29,31). The van der Waals surface area contributed by atoms with Crippen molar-refractivity contribution in [3.8, 4) is 17.2 Å². The van der Waals surface area contributed by atoms with Gasteiger partial charge < -0.3 is 14.5 Å². The summed E-state index contributed by atoms with van der Waals surface area (Å²) in [5.74, 6) is 1.56. The van der Waals surface area contributed by atoms with Crippen LogP contribution >= 0.6 is 0 Å². The van der Waals surface area contributed by atoms with Crippen LogP contribution < -0.4 is 10.1 Å². The van der Waals surface area contributed by atoms with Crippen LogP contribution in [0.4, 0.5) is 5.69 Å². The summed E-state index contributed by atoms with van der Waals surface area (Å²) in [7, 11) is 0. The Morgan fingerprint density at radius 1 is 0.939 bits per heavy atom. The molecule has 33 heavy (non-hydrogen) atoms. The summed E-state index contributed by atoms with van der Waals surface area (Å²) in [6, 6.07) is 26.9. The summed E-state index contributed by atoms with van der Waals surface area (Å²) in [5, 5.41) is 5.23. The minimum atomic E-state index is -0.192. The zero-order valence-corrected chi connectivity index (χ0v) is 18.5. The number of nitrogens with zero attached hydrogens (tertiary/aromatic N) is 1. The molecular formula is C28H24N2O3. The van der Waals surface area contributed by atoms with Crippen molar-refractivity contribution in [2.24, 2.45) is 5.92 Å². The second-order valence-electron chi connectivity index (χ2n) is 8.45. The first-order valence-corrected chi connectivity index (χ1v) is 11.0. The van der Waals surface area contributed by atoms with Crippen molar-refractivity contribution in [3.05, 3.63) is 90.5 Å². The number of oxazole rings is 1. The van der Waals surface area contributed by atoms with Gasteiger partial charge in [-0.1, -0.05) is 44.2 Å². The number of carbonyl (C=O) groups excluding carboxylic acids is 1. The lowest BCUT2D eigenvalue weighted by Crippen LogP contribution is -2.12. The van der Waals surface area contributed by atoms with E-state index in [0.29, 0.717) is 40.8 Å². The van der Waals surface area contributed by atoms with E-state index in [1.54, 1.807) is 12.1 Å². The Labute approximate surface area is 192 Å². The summed E-state index contributed by atoms with van der Waals surface area (Å²) in [5.41, 5.74) is 3.49. The largest absolute Gasteiger partial charge is 0.493 e. The first-order chi connectivity index (χ1) is 16.0. The maximum absolute atomic E-state index is 12.7. The van der Waals surface area contributed by atoms with Crippen LogP contribution in [-0.2, 0) is 0 Å². The summed E-state index contributed by atoms with van der Waals surface area (Å²) in [4.78, 5) is 17.3. The van der Waals surface area contributed by atoms with E-state index in [2.05, 4.69) is 48.4 Å². The van der Waals surface area contributed by atoms with Crippen molar-refractivity contribution >= 4 is 33.5 Å². The van der Waals surface area contributed by atoms with E-state index >= 15 is 0 Å². The van der Waals surface area contributed by atoms with Gasteiger partial charge in [-0.2, -0.15) is 0 Å². The van der Waals surface area contributed by atoms with Crippen molar-refractivity contribution < 1.29 is 13.9 Å². The van der Waals surface area contributed by atoms with Gasteiger partial charge >= 0.3 is 0 Å². The molecular weight excluding hydrogens is 412 g/mol. The number of aromatic nitrogens is 1. The highest BCUT2D eigenvalue weighted by atomic mass is 16.5. The maximum Gasteiger partial charge on any atom is 0.255 e. The van der Waals surface area contributed by atoms with Crippen molar-refractivity contribution in [3.63, 3.8) is 0 Å². The summed E-state index contributed by atoms with van der Waals surface area (Å²) in [6.45, 7) is 4.83. The summed E-state index contributed by atoms with van der Waals surface area (Å²) >= 11 is 0. The number of amides is 1. The first kappa shape index (κ1) is 20.8. The lowest BCUT2D eigenvalue weighted by molar-refractivity contribution is 0.102. The number of benzene rings is 4. The van der Waals surface area contributed by atoms with Crippen LogP contribution in [-0.4, -0.2) is 17.5 Å². The highest BCUT2D eigenvalue weighted by Gasteiger charge is 2.12. The molecule has 0 fully saturated rings. The Hall–Kier alpha value is -4.12. The Kier molecular flexibility index (Phi) is 5.53. The fourth-order valence-corrected chi connectivity index (χ4v) is 3.62. The van der Waals surface area contributed by atoms with Crippen molar-refractivity contribution in [1.82, 2.24) is 4.98 Å². The Bertz CT molecular complexity index is 1440. The number of nitrogens with one attached hydrogen (secondary N) is 1. The molecule has 164 valence electrons. The molecule has 1 amide bonds. The molecule has 1 heterocycles. The van der Waals surface area contributed by atoms with E-state index in [4.69, 9.17) is 9.15 Å². The number of rotatable bonds is 6. The van der Waals surface area contributed by atoms with Crippen LogP contribution in [0, 0.1) is 5.92 Å². The number of hydrogen-bond acceptors (Lipinski definition) is 4. The van der Waals surface area contributed by atoms with E-state index in [1.165, 1.54) is 5.39 Å². The molecule has 0 saturated heterocycles. The predicted octanol–water partition coefficient (Wildman–Crippen LogP) is 6.94. The molecule has 0 unspecified atom stereocenters. The minimum absolute atomic E-state index is 0.192. The number of anilines is 1. The summed E-state index contributed by atoms with van der Waals surface area (Å²) in [6.07, 6.45) is 0. The SMILES string of the molecule is CC(C)COc1ccc(C(=O)Nc2ccc3oc(-c4ccc5ccccc5c4)nc3c2)cc1. The van der Waals surface area contributed by atoms with Crippen LogP contribution in [0.5, 0.6) is 5.75 Å². The minimum Gasteiger partial charge on any atom is -0.493 e. The molecule has 4 aromatic carbocycles. The van der Waals surface area contributed by atoms with Crippen LogP contribution in [0.1, 0.15) is 24.2 Å². The molecule has 0 spiro atoms. The highest BCUT2D eigenvalue weighted by molar-refractivity contribution is 6.05. The smallest absolute Gasteiger partial charge is 0.255 e. The van der Waals surface area contributed by atoms with Crippen molar-refractivity contribution in [2.75, 3.05) is 11.9 Å². The van der Waals surface area contributed by atoms with Gasteiger partial charge in [0.1, 0.15) is 11.3 Å². The van der Waals surface area contributed by atoms with Crippen LogP contribution in [0.3, 0.4) is 0 Å².